The second-order valence-corrected chi connectivity index (χ2v) is 8.25. The predicted molar refractivity (Wildman–Crippen MR) is 92.3 cm³/mol. The van der Waals surface area contributed by atoms with Crippen LogP contribution in [0.3, 0.4) is 0 Å². The van der Waals surface area contributed by atoms with Gasteiger partial charge in [-0.1, -0.05) is 11.6 Å². The summed E-state index contributed by atoms with van der Waals surface area (Å²) in [6, 6.07) is 5.23. The lowest BCUT2D eigenvalue weighted by Gasteiger charge is -2.32. The van der Waals surface area contributed by atoms with Crippen LogP contribution in [0.2, 0.25) is 5.02 Å². The van der Waals surface area contributed by atoms with E-state index in [1.807, 2.05) is 27.7 Å². The van der Waals surface area contributed by atoms with E-state index < -0.39 is 18.3 Å². The highest BCUT2D eigenvalue weighted by Crippen LogP contribution is 2.37. The van der Waals surface area contributed by atoms with Crippen molar-refractivity contribution in [2.75, 3.05) is 0 Å². The quantitative estimate of drug-likeness (QED) is 0.864. The molecule has 2 aliphatic rings. The highest BCUT2D eigenvalue weighted by atomic mass is 35.5. The zero-order valence-electron chi connectivity index (χ0n) is 14.3. The maximum absolute atomic E-state index is 12.4. The summed E-state index contributed by atoms with van der Waals surface area (Å²) >= 11 is 6.32. The molecule has 4 nitrogen and oxygen atoms in total. The molecular weight excluding hydrogens is 312 g/mol. The van der Waals surface area contributed by atoms with E-state index in [-0.39, 0.29) is 11.4 Å². The van der Waals surface area contributed by atoms with Gasteiger partial charge in [0, 0.05) is 21.6 Å². The van der Waals surface area contributed by atoms with Crippen LogP contribution in [-0.2, 0) is 9.31 Å². The van der Waals surface area contributed by atoms with Crippen LogP contribution in [0, 0.1) is 0 Å². The normalized spacial score (nSPS) is 23.7. The number of carbonyl (C=O) groups is 1. The number of hydrogen-bond acceptors (Lipinski definition) is 3. The second-order valence-electron chi connectivity index (χ2n) is 7.84. The molecule has 1 amide bonds. The van der Waals surface area contributed by atoms with E-state index in [1.165, 1.54) is 0 Å². The highest BCUT2D eigenvalue weighted by molar-refractivity contribution is 6.65. The first-order chi connectivity index (χ1) is 10.5. The summed E-state index contributed by atoms with van der Waals surface area (Å²) in [6.45, 7) is 10.0. The summed E-state index contributed by atoms with van der Waals surface area (Å²) in [5, 5.41) is 3.59. The van der Waals surface area contributed by atoms with Crippen LogP contribution >= 0.6 is 11.6 Å². The van der Waals surface area contributed by atoms with E-state index in [9.17, 15) is 4.79 Å². The molecule has 124 valence electrons. The van der Waals surface area contributed by atoms with Gasteiger partial charge < -0.3 is 14.6 Å². The van der Waals surface area contributed by atoms with Crippen LogP contribution in [0.25, 0.3) is 0 Å². The van der Waals surface area contributed by atoms with Crippen molar-refractivity contribution in [3.8, 4) is 0 Å². The highest BCUT2D eigenvalue weighted by Gasteiger charge is 2.52. The summed E-state index contributed by atoms with van der Waals surface area (Å²) in [4.78, 5) is 12.4. The molecule has 1 heterocycles. The number of hydrogen-bond donors (Lipinski definition) is 1. The average Bonchev–Trinajstić information content (AvgIpc) is 3.09. The molecule has 1 saturated carbocycles. The first-order valence-corrected chi connectivity index (χ1v) is 8.38. The van der Waals surface area contributed by atoms with Crippen molar-refractivity contribution in [2.45, 2.75) is 64.2 Å². The van der Waals surface area contributed by atoms with Crippen LogP contribution in [0.4, 0.5) is 0 Å². The maximum atomic E-state index is 12.4. The molecule has 1 N–H and O–H groups in total. The fourth-order valence-electron chi connectivity index (χ4n) is 2.49. The van der Waals surface area contributed by atoms with E-state index in [2.05, 4.69) is 12.2 Å². The molecular formula is C17H23BClNO3. The van der Waals surface area contributed by atoms with Crippen molar-refractivity contribution in [3.63, 3.8) is 0 Å². The van der Waals surface area contributed by atoms with Gasteiger partial charge in [0.2, 0.25) is 0 Å². The lowest BCUT2D eigenvalue weighted by Crippen LogP contribution is -2.41. The van der Waals surface area contributed by atoms with Gasteiger partial charge in [0.1, 0.15) is 0 Å². The van der Waals surface area contributed by atoms with Gasteiger partial charge in [0.05, 0.1) is 11.2 Å². The monoisotopic (exact) mass is 335 g/mol. The van der Waals surface area contributed by atoms with Gasteiger partial charge >= 0.3 is 7.12 Å². The summed E-state index contributed by atoms with van der Waals surface area (Å²) in [6.07, 6.45) is 2.05. The number of nitrogens with one attached hydrogen (secondary N) is 1. The molecule has 1 aromatic rings. The Morgan fingerprint density at radius 2 is 1.70 bits per heavy atom. The minimum atomic E-state index is -0.572. The Labute approximate surface area is 143 Å². The van der Waals surface area contributed by atoms with Crippen molar-refractivity contribution >= 4 is 30.1 Å². The molecule has 0 aromatic heterocycles. The topological polar surface area (TPSA) is 47.6 Å². The van der Waals surface area contributed by atoms with Crippen molar-refractivity contribution in [1.29, 1.82) is 0 Å². The van der Waals surface area contributed by atoms with Crippen LogP contribution in [0.15, 0.2) is 18.2 Å². The van der Waals surface area contributed by atoms with E-state index in [1.54, 1.807) is 18.2 Å². The average molecular weight is 336 g/mol. The predicted octanol–water partition coefficient (Wildman–Crippen LogP) is 2.92. The fraction of sp³-hybridized carbons (Fsp3) is 0.588. The smallest absolute Gasteiger partial charge is 0.399 e. The zero-order chi connectivity index (χ0) is 17.0. The molecule has 23 heavy (non-hydrogen) atoms. The first kappa shape index (κ1) is 16.8. The molecule has 0 bridgehead atoms. The van der Waals surface area contributed by atoms with Crippen molar-refractivity contribution < 1.29 is 14.1 Å². The third-order valence-electron chi connectivity index (χ3n) is 5.18. The van der Waals surface area contributed by atoms with Gasteiger partial charge in [0.15, 0.2) is 0 Å². The molecule has 0 spiro atoms. The van der Waals surface area contributed by atoms with E-state index in [0.717, 1.165) is 12.8 Å². The molecule has 1 aliphatic heterocycles. The molecule has 1 aliphatic carbocycles. The SMILES string of the molecule is CC1(NC(=O)c2ccc(Cl)c(B3OC(C)(C)C(C)(C)O3)c2)CC1. The minimum absolute atomic E-state index is 0.0543. The zero-order valence-corrected chi connectivity index (χ0v) is 15.1. The molecule has 0 unspecified atom stereocenters. The number of carbonyl (C=O) groups excluding carboxylic acids is 1. The van der Waals surface area contributed by atoms with Crippen LogP contribution in [0.5, 0.6) is 0 Å². The van der Waals surface area contributed by atoms with Crippen molar-refractivity contribution in [2.24, 2.45) is 0 Å². The van der Waals surface area contributed by atoms with Crippen LogP contribution in [-0.4, -0.2) is 29.8 Å². The summed E-state index contributed by atoms with van der Waals surface area (Å²) in [5.41, 5.74) is 0.328. The third-order valence-corrected chi connectivity index (χ3v) is 5.52. The van der Waals surface area contributed by atoms with Gasteiger partial charge in [-0.05, 0) is 65.7 Å². The molecule has 3 rings (SSSR count). The Morgan fingerprint density at radius 3 is 2.22 bits per heavy atom. The first-order valence-electron chi connectivity index (χ1n) is 8.01. The minimum Gasteiger partial charge on any atom is -0.399 e. The van der Waals surface area contributed by atoms with Crippen molar-refractivity contribution in [3.05, 3.63) is 28.8 Å². The Hall–Kier alpha value is -1.04. The summed E-state index contributed by atoms with van der Waals surface area (Å²) < 4.78 is 12.1. The number of halogens is 1. The van der Waals surface area contributed by atoms with Gasteiger partial charge in [-0.15, -0.1) is 0 Å². The number of amides is 1. The van der Waals surface area contributed by atoms with Crippen molar-refractivity contribution in [1.82, 2.24) is 5.32 Å². The number of rotatable bonds is 3. The fourth-order valence-corrected chi connectivity index (χ4v) is 2.70. The second kappa shape index (κ2) is 5.23. The van der Waals surface area contributed by atoms with Gasteiger partial charge in [-0.3, -0.25) is 4.79 Å². The molecule has 1 saturated heterocycles. The van der Waals surface area contributed by atoms with Crippen LogP contribution in [0.1, 0.15) is 57.8 Å². The molecule has 1 aromatic carbocycles. The van der Waals surface area contributed by atoms with Gasteiger partial charge in [0.25, 0.3) is 5.91 Å². The van der Waals surface area contributed by atoms with E-state index >= 15 is 0 Å². The maximum Gasteiger partial charge on any atom is 0.496 e. The molecule has 2 fully saturated rings. The standard InChI is InChI=1S/C17H23BClNO3/c1-15(2)16(3,4)23-18(22-15)12-10-11(6-7-13(12)19)14(21)20-17(5)8-9-17/h6-7,10H,8-9H2,1-5H3,(H,20,21). The Bertz CT molecular complexity index is 639. The van der Waals surface area contributed by atoms with Gasteiger partial charge in [-0.2, -0.15) is 0 Å². The lowest BCUT2D eigenvalue weighted by atomic mass is 9.78. The number of benzene rings is 1. The lowest BCUT2D eigenvalue weighted by molar-refractivity contribution is 0.00578. The van der Waals surface area contributed by atoms with E-state index in [0.29, 0.717) is 16.0 Å². The third kappa shape index (κ3) is 3.15. The molecule has 0 radical (unpaired) electrons. The Kier molecular flexibility index (Phi) is 3.82. The van der Waals surface area contributed by atoms with Crippen LogP contribution < -0.4 is 10.8 Å². The van der Waals surface area contributed by atoms with Gasteiger partial charge in [-0.25, -0.2) is 0 Å². The Balaban J connectivity index is 1.85. The molecule has 6 heteroatoms. The summed E-state index contributed by atoms with van der Waals surface area (Å²) in [7, 11) is -0.572. The largest absolute Gasteiger partial charge is 0.496 e. The van der Waals surface area contributed by atoms with E-state index in [4.69, 9.17) is 20.9 Å². The molecule has 0 atom stereocenters. The Morgan fingerprint density at radius 1 is 1.13 bits per heavy atom. The summed E-state index contributed by atoms with van der Waals surface area (Å²) in [5.74, 6) is -0.0839.